The molecule has 2 N–H and O–H groups in total. The van der Waals surface area contributed by atoms with Crippen molar-refractivity contribution in [2.24, 2.45) is 5.92 Å². The number of carboxylic acid groups (broad SMARTS) is 1. The molecule has 3 aliphatic rings. The van der Waals surface area contributed by atoms with Crippen LogP contribution in [-0.2, 0) is 16.1 Å². The Balaban J connectivity index is 1.23. The van der Waals surface area contributed by atoms with Crippen LogP contribution in [0.25, 0.3) is 6.08 Å². The van der Waals surface area contributed by atoms with E-state index in [1.165, 1.54) is 12.8 Å². The number of hydrogen-bond acceptors (Lipinski definition) is 7. The molecule has 9 heteroatoms. The number of aromatic nitrogens is 1. The van der Waals surface area contributed by atoms with Crippen molar-refractivity contribution in [2.45, 2.75) is 51.3 Å². The molecule has 2 aliphatic heterocycles. The number of carbonyl (C=O) groups is 1. The lowest BCUT2D eigenvalue weighted by atomic mass is 10.1. The van der Waals surface area contributed by atoms with Crippen LogP contribution >= 0.6 is 0 Å². The molecule has 0 spiro atoms. The SMILES string of the molecule is C[C@@H](COC1CCN(c2nc3c(o2)CN(OCC2CC2)C=C3)CC1)NC(=O)O. The highest BCUT2D eigenvalue weighted by Gasteiger charge is 2.27. The van der Waals surface area contributed by atoms with E-state index in [0.29, 0.717) is 25.1 Å². The van der Waals surface area contributed by atoms with Crippen molar-refractivity contribution in [1.82, 2.24) is 15.4 Å². The summed E-state index contributed by atoms with van der Waals surface area (Å²) in [5.74, 6) is 1.55. The summed E-state index contributed by atoms with van der Waals surface area (Å²) in [6.45, 7) is 5.14. The summed E-state index contributed by atoms with van der Waals surface area (Å²) in [6.07, 6.45) is 7.22. The molecule has 0 aromatic carbocycles. The highest BCUT2D eigenvalue weighted by Crippen LogP contribution is 2.31. The zero-order chi connectivity index (χ0) is 19.5. The Bertz CT molecular complexity index is 709. The van der Waals surface area contributed by atoms with Gasteiger partial charge in [0.1, 0.15) is 12.2 Å². The van der Waals surface area contributed by atoms with Crippen LogP contribution in [0.15, 0.2) is 10.6 Å². The maximum Gasteiger partial charge on any atom is 0.404 e. The lowest BCUT2D eigenvalue weighted by Crippen LogP contribution is -2.40. The van der Waals surface area contributed by atoms with Crippen LogP contribution in [0.1, 0.15) is 44.1 Å². The Labute approximate surface area is 164 Å². The highest BCUT2D eigenvalue weighted by atomic mass is 16.7. The quantitative estimate of drug-likeness (QED) is 0.696. The van der Waals surface area contributed by atoms with Crippen molar-refractivity contribution in [3.8, 4) is 0 Å². The molecule has 1 saturated carbocycles. The molecule has 1 aromatic rings. The second-order valence-electron chi connectivity index (χ2n) is 7.81. The molecule has 1 amide bonds. The Morgan fingerprint density at radius 3 is 2.89 bits per heavy atom. The number of fused-ring (bicyclic) bond motifs is 1. The van der Waals surface area contributed by atoms with E-state index in [1.54, 1.807) is 6.92 Å². The van der Waals surface area contributed by atoms with E-state index in [-0.39, 0.29) is 12.1 Å². The average molecular weight is 392 g/mol. The number of nitrogens with zero attached hydrogens (tertiary/aromatic N) is 3. The molecule has 1 saturated heterocycles. The topological polar surface area (TPSA) is 100 Å². The van der Waals surface area contributed by atoms with Crippen molar-refractivity contribution in [3.63, 3.8) is 0 Å². The number of piperidine rings is 1. The number of oxazole rings is 1. The number of rotatable bonds is 8. The number of hydroxylamine groups is 2. The fourth-order valence-corrected chi connectivity index (χ4v) is 3.40. The molecule has 1 aromatic heterocycles. The second kappa shape index (κ2) is 8.40. The van der Waals surface area contributed by atoms with Crippen LogP contribution in [0.2, 0.25) is 0 Å². The summed E-state index contributed by atoms with van der Waals surface area (Å²) in [6, 6.07) is 0.434. The van der Waals surface area contributed by atoms with Gasteiger partial charge in [-0.05, 0) is 44.6 Å². The fraction of sp³-hybridized carbons (Fsp3) is 0.684. The Kier molecular flexibility index (Phi) is 5.72. The maximum absolute atomic E-state index is 10.6. The van der Waals surface area contributed by atoms with Crippen LogP contribution < -0.4 is 10.2 Å². The third-order valence-electron chi connectivity index (χ3n) is 5.25. The summed E-state index contributed by atoms with van der Waals surface area (Å²) in [5, 5.41) is 12.9. The minimum Gasteiger partial charge on any atom is -0.465 e. The minimum absolute atomic E-state index is 0.130. The fourth-order valence-electron chi connectivity index (χ4n) is 3.40. The van der Waals surface area contributed by atoms with Gasteiger partial charge in [0.25, 0.3) is 6.01 Å². The lowest BCUT2D eigenvalue weighted by molar-refractivity contribution is -0.134. The lowest BCUT2D eigenvalue weighted by Gasteiger charge is -2.31. The highest BCUT2D eigenvalue weighted by molar-refractivity contribution is 5.64. The van der Waals surface area contributed by atoms with Crippen molar-refractivity contribution in [2.75, 3.05) is 31.2 Å². The van der Waals surface area contributed by atoms with Gasteiger partial charge in [-0.15, -0.1) is 0 Å². The van der Waals surface area contributed by atoms with Crippen LogP contribution in [0, 0.1) is 5.92 Å². The number of hydrogen-bond donors (Lipinski definition) is 2. The van der Waals surface area contributed by atoms with Crippen molar-refractivity contribution >= 4 is 18.2 Å². The average Bonchev–Trinajstić information content (AvgIpc) is 3.41. The smallest absolute Gasteiger partial charge is 0.404 e. The Morgan fingerprint density at radius 2 is 2.18 bits per heavy atom. The van der Waals surface area contributed by atoms with Crippen LogP contribution in [0.5, 0.6) is 0 Å². The molecule has 1 atom stereocenters. The third kappa shape index (κ3) is 4.96. The number of nitrogens with one attached hydrogen (secondary N) is 1. The van der Waals surface area contributed by atoms with Gasteiger partial charge in [-0.3, -0.25) is 9.90 Å². The Morgan fingerprint density at radius 1 is 1.39 bits per heavy atom. The zero-order valence-corrected chi connectivity index (χ0v) is 16.2. The number of amides is 1. The summed E-state index contributed by atoms with van der Waals surface area (Å²) >= 11 is 0. The molecule has 0 bridgehead atoms. The van der Waals surface area contributed by atoms with Crippen molar-refractivity contribution in [1.29, 1.82) is 0 Å². The van der Waals surface area contributed by atoms with E-state index in [9.17, 15) is 4.79 Å². The largest absolute Gasteiger partial charge is 0.465 e. The predicted octanol–water partition coefficient (Wildman–Crippen LogP) is 2.44. The molecular weight excluding hydrogens is 364 g/mol. The molecule has 9 nitrogen and oxygen atoms in total. The summed E-state index contributed by atoms with van der Waals surface area (Å²) in [5.41, 5.74) is 0.869. The summed E-state index contributed by atoms with van der Waals surface area (Å²) < 4.78 is 11.8. The van der Waals surface area contributed by atoms with E-state index in [0.717, 1.165) is 44.0 Å². The van der Waals surface area contributed by atoms with Crippen LogP contribution in [0.3, 0.4) is 0 Å². The van der Waals surface area contributed by atoms with Crippen LogP contribution in [-0.4, -0.2) is 59.7 Å². The van der Waals surface area contributed by atoms with Gasteiger partial charge in [0, 0.05) is 19.3 Å². The number of anilines is 1. The zero-order valence-electron chi connectivity index (χ0n) is 16.2. The van der Waals surface area contributed by atoms with E-state index < -0.39 is 6.09 Å². The maximum atomic E-state index is 10.6. The first-order valence-electron chi connectivity index (χ1n) is 10.0. The molecule has 0 radical (unpaired) electrons. The number of ether oxygens (including phenoxy) is 1. The normalized spacial score (nSPS) is 20.9. The van der Waals surface area contributed by atoms with E-state index in [2.05, 4.69) is 15.2 Å². The van der Waals surface area contributed by atoms with Gasteiger partial charge in [0.05, 0.1) is 25.4 Å². The van der Waals surface area contributed by atoms with Gasteiger partial charge in [-0.1, -0.05) is 0 Å². The third-order valence-corrected chi connectivity index (χ3v) is 5.25. The molecule has 4 rings (SSSR count). The first-order chi connectivity index (χ1) is 13.6. The second-order valence-corrected chi connectivity index (χ2v) is 7.81. The van der Waals surface area contributed by atoms with Gasteiger partial charge in [-0.2, -0.15) is 4.98 Å². The van der Waals surface area contributed by atoms with Gasteiger partial charge in [-0.25, -0.2) is 4.79 Å². The van der Waals surface area contributed by atoms with E-state index >= 15 is 0 Å². The van der Waals surface area contributed by atoms with Crippen molar-refractivity contribution < 1.29 is 23.9 Å². The van der Waals surface area contributed by atoms with E-state index in [4.69, 9.17) is 19.1 Å². The predicted molar refractivity (Wildman–Crippen MR) is 102 cm³/mol. The summed E-state index contributed by atoms with van der Waals surface area (Å²) in [7, 11) is 0. The molecule has 154 valence electrons. The molecule has 1 aliphatic carbocycles. The standard InChI is InChI=1S/C19H28N4O5/c1-13(20-19(24)25)11-26-15-4-7-22(8-5-15)18-21-16-6-9-23(10-17(16)28-18)27-12-14-2-3-14/h6,9,13-15,20H,2-5,7-8,10-12H2,1H3,(H,24,25)/t13-/m0/s1. The molecular formula is C19H28N4O5. The van der Waals surface area contributed by atoms with Gasteiger partial charge < -0.3 is 24.5 Å². The first kappa shape index (κ1) is 19.1. The van der Waals surface area contributed by atoms with Crippen molar-refractivity contribution in [3.05, 3.63) is 17.7 Å². The van der Waals surface area contributed by atoms with Gasteiger partial charge in [0.15, 0.2) is 5.76 Å². The summed E-state index contributed by atoms with van der Waals surface area (Å²) in [4.78, 5) is 23.2. The molecule has 28 heavy (non-hydrogen) atoms. The molecule has 3 heterocycles. The Hall–Kier alpha value is -2.26. The molecule has 2 fully saturated rings. The molecule has 0 unspecified atom stereocenters. The van der Waals surface area contributed by atoms with Gasteiger partial charge in [0.2, 0.25) is 0 Å². The van der Waals surface area contributed by atoms with E-state index in [1.807, 2.05) is 17.3 Å². The van der Waals surface area contributed by atoms with Gasteiger partial charge >= 0.3 is 6.09 Å². The minimum atomic E-state index is -1.02. The monoisotopic (exact) mass is 392 g/mol. The first-order valence-corrected chi connectivity index (χ1v) is 10.0. The van der Waals surface area contributed by atoms with Crippen LogP contribution in [0.4, 0.5) is 10.8 Å².